The van der Waals surface area contributed by atoms with Gasteiger partial charge in [0.2, 0.25) is 0 Å². The smallest absolute Gasteiger partial charge is 0.191 e. The summed E-state index contributed by atoms with van der Waals surface area (Å²) in [4.78, 5) is 5.79. The largest absolute Gasteiger partial charge is 0.357 e. The van der Waals surface area contributed by atoms with Crippen LogP contribution in [-0.4, -0.2) is 37.6 Å². The number of hydrogen-bond donors (Lipinski definition) is 2. The Hall–Kier alpha value is -0.390. The summed E-state index contributed by atoms with van der Waals surface area (Å²) in [6.45, 7) is 4.68. The Morgan fingerprint density at radius 3 is 2.89 bits per heavy atom. The minimum absolute atomic E-state index is 0.849. The van der Waals surface area contributed by atoms with Crippen molar-refractivity contribution < 1.29 is 0 Å². The van der Waals surface area contributed by atoms with E-state index < -0.39 is 0 Å². The Kier molecular flexibility index (Phi) is 8.29. The van der Waals surface area contributed by atoms with Gasteiger partial charge >= 0.3 is 0 Å². The summed E-state index contributed by atoms with van der Waals surface area (Å²) in [5, 5.41) is 6.57. The zero-order valence-corrected chi connectivity index (χ0v) is 13.2. The van der Waals surface area contributed by atoms with Crippen LogP contribution in [0.15, 0.2) is 17.1 Å². The highest BCUT2D eigenvalue weighted by molar-refractivity contribution is 7.98. The van der Waals surface area contributed by atoms with Crippen molar-refractivity contribution in [3.05, 3.63) is 21.3 Å². The van der Waals surface area contributed by atoms with E-state index in [0.717, 1.165) is 42.1 Å². The van der Waals surface area contributed by atoms with E-state index >= 15 is 0 Å². The molecule has 0 spiro atoms. The number of aliphatic imine (C=N–C) groups is 1. The van der Waals surface area contributed by atoms with E-state index in [9.17, 15) is 0 Å². The summed E-state index contributed by atoms with van der Waals surface area (Å²) in [5.74, 6) is 1.95. The fourth-order valence-electron chi connectivity index (χ4n) is 1.38. The summed E-state index contributed by atoms with van der Waals surface area (Å²) in [5.41, 5.74) is 0. The predicted octanol–water partition coefficient (Wildman–Crippen LogP) is 2.86. The molecule has 0 saturated heterocycles. The molecule has 0 aliphatic heterocycles. The van der Waals surface area contributed by atoms with Crippen molar-refractivity contribution in [2.24, 2.45) is 4.99 Å². The molecule has 0 atom stereocenters. The van der Waals surface area contributed by atoms with Crippen molar-refractivity contribution in [3.8, 4) is 0 Å². The molecule has 3 nitrogen and oxygen atoms in total. The SMILES string of the molecule is CCNC(=NCCSC)NCCc1ccc(Cl)s1. The van der Waals surface area contributed by atoms with Gasteiger partial charge in [-0.05, 0) is 31.7 Å². The Morgan fingerprint density at radius 1 is 1.44 bits per heavy atom. The standard InChI is InChI=1S/C12H20ClN3S2/c1-3-14-12(16-8-9-17-2)15-7-6-10-4-5-11(13)18-10/h4-5H,3,6-9H2,1-2H3,(H2,14,15,16). The quantitative estimate of drug-likeness (QED) is 0.462. The molecule has 1 rings (SSSR count). The summed E-state index contributed by atoms with van der Waals surface area (Å²) >= 11 is 9.34. The Bertz CT molecular complexity index is 366. The molecule has 0 aliphatic carbocycles. The molecule has 0 saturated carbocycles. The van der Waals surface area contributed by atoms with Gasteiger partial charge < -0.3 is 10.6 Å². The number of nitrogens with zero attached hydrogens (tertiary/aromatic N) is 1. The molecule has 2 N–H and O–H groups in total. The van der Waals surface area contributed by atoms with E-state index in [1.54, 1.807) is 11.3 Å². The predicted molar refractivity (Wildman–Crippen MR) is 85.4 cm³/mol. The molecule has 1 aromatic rings. The van der Waals surface area contributed by atoms with E-state index in [4.69, 9.17) is 11.6 Å². The molecule has 0 fully saturated rings. The van der Waals surface area contributed by atoms with Crippen LogP contribution < -0.4 is 10.6 Å². The Balaban J connectivity index is 2.30. The monoisotopic (exact) mass is 305 g/mol. The van der Waals surface area contributed by atoms with Crippen molar-refractivity contribution in [2.75, 3.05) is 31.6 Å². The average Bonchev–Trinajstić information content (AvgIpc) is 2.75. The number of nitrogens with one attached hydrogen (secondary N) is 2. The van der Waals surface area contributed by atoms with Gasteiger partial charge in [0.25, 0.3) is 0 Å². The van der Waals surface area contributed by atoms with Crippen LogP contribution in [0.5, 0.6) is 0 Å². The number of halogens is 1. The average molecular weight is 306 g/mol. The molecule has 0 bridgehead atoms. The van der Waals surface area contributed by atoms with Crippen molar-refractivity contribution in [3.63, 3.8) is 0 Å². The van der Waals surface area contributed by atoms with Crippen LogP contribution >= 0.6 is 34.7 Å². The van der Waals surface area contributed by atoms with Crippen LogP contribution in [0.4, 0.5) is 0 Å². The molecule has 6 heteroatoms. The normalized spacial score (nSPS) is 11.6. The number of guanidine groups is 1. The maximum atomic E-state index is 5.90. The number of thiophene rings is 1. The molecule has 0 aromatic carbocycles. The highest BCUT2D eigenvalue weighted by Gasteiger charge is 1.99. The van der Waals surface area contributed by atoms with Crippen molar-refractivity contribution in [2.45, 2.75) is 13.3 Å². The van der Waals surface area contributed by atoms with Gasteiger partial charge in [-0.2, -0.15) is 11.8 Å². The van der Waals surface area contributed by atoms with Crippen LogP contribution in [0, 0.1) is 0 Å². The first-order valence-electron chi connectivity index (χ1n) is 6.01. The summed E-state index contributed by atoms with van der Waals surface area (Å²) < 4.78 is 0.852. The molecule has 0 aliphatic rings. The Morgan fingerprint density at radius 2 is 2.28 bits per heavy atom. The van der Waals surface area contributed by atoms with Gasteiger partial charge in [0.1, 0.15) is 0 Å². The van der Waals surface area contributed by atoms with Gasteiger partial charge in [0.15, 0.2) is 5.96 Å². The lowest BCUT2D eigenvalue weighted by Crippen LogP contribution is -2.38. The van der Waals surface area contributed by atoms with Crippen molar-refractivity contribution in [1.82, 2.24) is 10.6 Å². The summed E-state index contributed by atoms with van der Waals surface area (Å²) in [6.07, 6.45) is 3.07. The fourth-order valence-corrected chi connectivity index (χ4v) is 2.74. The minimum atomic E-state index is 0.849. The summed E-state index contributed by atoms with van der Waals surface area (Å²) in [7, 11) is 0. The first-order chi connectivity index (χ1) is 8.76. The molecule has 1 heterocycles. The molecular formula is C12H20ClN3S2. The van der Waals surface area contributed by atoms with Crippen molar-refractivity contribution in [1.29, 1.82) is 0 Å². The van der Waals surface area contributed by atoms with Gasteiger partial charge in [-0.1, -0.05) is 11.6 Å². The minimum Gasteiger partial charge on any atom is -0.357 e. The third-order valence-corrected chi connectivity index (χ3v) is 4.08. The molecule has 18 heavy (non-hydrogen) atoms. The van der Waals surface area contributed by atoms with Gasteiger partial charge in [-0.15, -0.1) is 11.3 Å². The lowest BCUT2D eigenvalue weighted by Gasteiger charge is -2.10. The van der Waals surface area contributed by atoms with Gasteiger partial charge in [-0.3, -0.25) is 4.99 Å². The van der Waals surface area contributed by atoms with E-state index in [2.05, 4.69) is 34.9 Å². The van der Waals surface area contributed by atoms with E-state index in [0.29, 0.717) is 0 Å². The number of thioether (sulfide) groups is 1. The highest BCUT2D eigenvalue weighted by atomic mass is 35.5. The van der Waals surface area contributed by atoms with Crippen molar-refractivity contribution >= 4 is 40.7 Å². The second kappa shape index (κ2) is 9.53. The maximum Gasteiger partial charge on any atom is 0.191 e. The topological polar surface area (TPSA) is 36.4 Å². The first-order valence-corrected chi connectivity index (χ1v) is 8.60. The van der Waals surface area contributed by atoms with E-state index in [1.165, 1.54) is 4.88 Å². The molecule has 102 valence electrons. The third kappa shape index (κ3) is 6.52. The molecule has 0 radical (unpaired) electrons. The second-order valence-electron chi connectivity index (χ2n) is 3.64. The molecule has 0 unspecified atom stereocenters. The van der Waals surface area contributed by atoms with Crippen LogP contribution in [0.1, 0.15) is 11.8 Å². The molecule has 1 aromatic heterocycles. The maximum absolute atomic E-state index is 5.90. The first kappa shape index (κ1) is 15.7. The zero-order chi connectivity index (χ0) is 13.2. The fraction of sp³-hybridized carbons (Fsp3) is 0.583. The number of hydrogen-bond acceptors (Lipinski definition) is 3. The van der Waals surface area contributed by atoms with Crippen LogP contribution in [-0.2, 0) is 6.42 Å². The van der Waals surface area contributed by atoms with E-state index in [-0.39, 0.29) is 0 Å². The van der Waals surface area contributed by atoms with Gasteiger partial charge in [0.05, 0.1) is 10.9 Å². The molecular weight excluding hydrogens is 286 g/mol. The van der Waals surface area contributed by atoms with E-state index in [1.807, 2.05) is 17.8 Å². The van der Waals surface area contributed by atoms with Gasteiger partial charge in [0, 0.05) is 23.7 Å². The molecule has 0 amide bonds. The zero-order valence-electron chi connectivity index (χ0n) is 10.8. The lowest BCUT2D eigenvalue weighted by molar-refractivity contribution is 0.809. The van der Waals surface area contributed by atoms with Crippen LogP contribution in [0.3, 0.4) is 0 Å². The van der Waals surface area contributed by atoms with Gasteiger partial charge in [-0.25, -0.2) is 0 Å². The lowest BCUT2D eigenvalue weighted by atomic mass is 10.3. The number of rotatable bonds is 7. The Labute approximate surface area is 122 Å². The highest BCUT2D eigenvalue weighted by Crippen LogP contribution is 2.21. The van der Waals surface area contributed by atoms with Crippen LogP contribution in [0.2, 0.25) is 4.34 Å². The van der Waals surface area contributed by atoms with Crippen LogP contribution in [0.25, 0.3) is 0 Å². The summed E-state index contributed by atoms with van der Waals surface area (Å²) in [6, 6.07) is 4.02. The third-order valence-electron chi connectivity index (χ3n) is 2.20. The second-order valence-corrected chi connectivity index (χ2v) is 6.42.